The Morgan fingerprint density at radius 2 is 1.70 bits per heavy atom. The van der Waals surface area contributed by atoms with E-state index >= 15 is 0 Å². The molecule has 170 valence electrons. The maximum atomic E-state index is 13.1. The predicted octanol–water partition coefficient (Wildman–Crippen LogP) is 4.11. The van der Waals surface area contributed by atoms with Crippen LogP contribution in [-0.2, 0) is 22.4 Å². The van der Waals surface area contributed by atoms with Gasteiger partial charge in [-0.15, -0.1) is 0 Å². The van der Waals surface area contributed by atoms with Crippen LogP contribution in [0.4, 0.5) is 0 Å². The largest absolute Gasteiger partial charge is 0.496 e. The molecule has 0 spiro atoms. The second-order valence-corrected chi connectivity index (χ2v) is 8.66. The molecule has 1 N–H and O–H groups in total. The first kappa shape index (κ1) is 22.6. The van der Waals surface area contributed by atoms with Gasteiger partial charge in [0.05, 0.1) is 18.9 Å². The molecule has 1 unspecified atom stereocenters. The highest BCUT2D eigenvalue weighted by Gasteiger charge is 2.45. The Morgan fingerprint density at radius 1 is 0.970 bits per heavy atom. The van der Waals surface area contributed by atoms with Gasteiger partial charge in [0.25, 0.3) is 0 Å². The van der Waals surface area contributed by atoms with Gasteiger partial charge < -0.3 is 15.0 Å². The first-order chi connectivity index (χ1) is 16.0. The van der Waals surface area contributed by atoms with Crippen molar-refractivity contribution in [3.63, 3.8) is 0 Å². The van der Waals surface area contributed by atoms with Crippen molar-refractivity contribution in [1.29, 1.82) is 0 Å². The Morgan fingerprint density at radius 3 is 2.45 bits per heavy atom. The topological polar surface area (TPSA) is 58.6 Å². The maximum Gasteiger partial charge on any atom is 0.228 e. The second kappa shape index (κ2) is 9.90. The van der Waals surface area contributed by atoms with E-state index in [4.69, 9.17) is 4.74 Å². The van der Waals surface area contributed by atoms with Crippen molar-refractivity contribution in [1.82, 2.24) is 10.2 Å². The van der Waals surface area contributed by atoms with E-state index in [1.54, 1.807) is 14.2 Å². The van der Waals surface area contributed by atoms with Crippen molar-refractivity contribution in [2.75, 3.05) is 27.2 Å². The summed E-state index contributed by atoms with van der Waals surface area (Å²) in [5, 5.41) is 2.84. The van der Waals surface area contributed by atoms with Gasteiger partial charge in [-0.2, -0.15) is 0 Å². The van der Waals surface area contributed by atoms with Crippen LogP contribution in [0.2, 0.25) is 0 Å². The summed E-state index contributed by atoms with van der Waals surface area (Å²) in [6.45, 7) is 0.982. The van der Waals surface area contributed by atoms with Gasteiger partial charge in [-0.3, -0.25) is 9.59 Å². The van der Waals surface area contributed by atoms with Crippen molar-refractivity contribution in [3.05, 3.63) is 90.0 Å². The average molecular weight is 443 g/mol. The molecule has 3 aromatic rings. The summed E-state index contributed by atoms with van der Waals surface area (Å²) < 4.78 is 5.40. The molecular formula is C28H30N2O3. The van der Waals surface area contributed by atoms with Crippen LogP contribution in [0, 0.1) is 5.41 Å². The van der Waals surface area contributed by atoms with E-state index in [2.05, 4.69) is 35.6 Å². The van der Waals surface area contributed by atoms with Gasteiger partial charge in [0.2, 0.25) is 11.8 Å². The van der Waals surface area contributed by atoms with Gasteiger partial charge in [0, 0.05) is 25.7 Å². The van der Waals surface area contributed by atoms with Crippen molar-refractivity contribution < 1.29 is 14.3 Å². The predicted molar refractivity (Wildman–Crippen MR) is 130 cm³/mol. The lowest BCUT2D eigenvalue weighted by molar-refractivity contribution is -0.132. The van der Waals surface area contributed by atoms with Gasteiger partial charge >= 0.3 is 0 Å². The van der Waals surface area contributed by atoms with Crippen LogP contribution in [0.25, 0.3) is 11.1 Å². The number of rotatable bonds is 7. The van der Waals surface area contributed by atoms with Crippen molar-refractivity contribution in [2.45, 2.75) is 19.3 Å². The third-order valence-corrected chi connectivity index (χ3v) is 6.53. The number of benzene rings is 3. The minimum Gasteiger partial charge on any atom is -0.496 e. The fraction of sp³-hybridized carbons (Fsp3) is 0.286. The van der Waals surface area contributed by atoms with Crippen LogP contribution >= 0.6 is 0 Å². The molecule has 0 radical (unpaired) electrons. The lowest BCUT2D eigenvalue weighted by Crippen LogP contribution is -2.44. The minimum atomic E-state index is -0.638. The molecule has 1 aliphatic rings. The number of hydrogen-bond donors (Lipinski definition) is 1. The van der Waals surface area contributed by atoms with E-state index < -0.39 is 5.41 Å². The molecular weight excluding hydrogens is 412 g/mol. The number of carbonyl (C=O) groups excluding carboxylic acids is 2. The molecule has 0 aliphatic carbocycles. The summed E-state index contributed by atoms with van der Waals surface area (Å²) in [7, 11) is 3.28. The highest BCUT2D eigenvalue weighted by molar-refractivity contribution is 5.86. The summed E-state index contributed by atoms with van der Waals surface area (Å²) >= 11 is 0. The van der Waals surface area contributed by atoms with Crippen LogP contribution in [0.3, 0.4) is 0 Å². The number of nitrogens with one attached hydrogen (secondary N) is 1. The molecule has 1 heterocycles. The monoisotopic (exact) mass is 442 g/mol. The Kier molecular flexibility index (Phi) is 6.78. The van der Waals surface area contributed by atoms with Crippen molar-refractivity contribution >= 4 is 11.8 Å². The Balaban J connectivity index is 1.53. The number of hydrogen-bond acceptors (Lipinski definition) is 3. The first-order valence-electron chi connectivity index (χ1n) is 11.3. The molecule has 2 amide bonds. The zero-order valence-electron chi connectivity index (χ0n) is 19.2. The third-order valence-electron chi connectivity index (χ3n) is 6.53. The number of methoxy groups -OCH3 is 1. The summed E-state index contributed by atoms with van der Waals surface area (Å²) in [5.41, 5.74) is 3.59. The van der Waals surface area contributed by atoms with Crippen LogP contribution < -0.4 is 10.1 Å². The second-order valence-electron chi connectivity index (χ2n) is 8.66. The van der Waals surface area contributed by atoms with E-state index in [9.17, 15) is 9.59 Å². The quantitative estimate of drug-likeness (QED) is 0.599. The molecule has 33 heavy (non-hydrogen) atoms. The van der Waals surface area contributed by atoms with Gasteiger partial charge in [0.15, 0.2) is 0 Å². The fourth-order valence-electron chi connectivity index (χ4n) is 4.77. The van der Waals surface area contributed by atoms with E-state index in [0.717, 1.165) is 22.3 Å². The smallest absolute Gasteiger partial charge is 0.228 e. The summed E-state index contributed by atoms with van der Waals surface area (Å²) in [6, 6.07) is 26.1. The molecule has 1 atom stereocenters. The highest BCUT2D eigenvalue weighted by Crippen LogP contribution is 2.36. The number of amides is 2. The summed E-state index contributed by atoms with van der Waals surface area (Å²) in [6.07, 6.45) is 1.49. The van der Waals surface area contributed by atoms with Gasteiger partial charge in [-0.1, -0.05) is 72.8 Å². The zero-order valence-corrected chi connectivity index (χ0v) is 19.2. The highest BCUT2D eigenvalue weighted by atomic mass is 16.5. The number of nitrogens with zero attached hydrogens (tertiary/aromatic N) is 1. The molecule has 0 aromatic heterocycles. The Labute approximate surface area is 195 Å². The third kappa shape index (κ3) is 4.92. The Hall–Kier alpha value is -3.60. The van der Waals surface area contributed by atoms with E-state index in [-0.39, 0.29) is 18.2 Å². The average Bonchev–Trinajstić information content (AvgIpc) is 3.30. The number of carbonyl (C=O) groups is 2. The molecule has 4 rings (SSSR count). The molecule has 1 saturated heterocycles. The molecule has 3 aromatic carbocycles. The summed E-state index contributed by atoms with van der Waals surface area (Å²) in [5.74, 6) is 0.712. The van der Waals surface area contributed by atoms with Gasteiger partial charge in [-0.05, 0) is 35.6 Å². The minimum absolute atomic E-state index is 0.0137. The van der Waals surface area contributed by atoms with Crippen molar-refractivity contribution in [3.8, 4) is 16.9 Å². The Bertz CT molecular complexity index is 1130. The molecule has 5 nitrogen and oxygen atoms in total. The number of para-hydroxylation sites is 1. The SMILES string of the molecule is CNC(=O)C1(Cc2cccc(-c3ccccc3)c2)CCN(C(=O)Cc2ccccc2OC)C1. The maximum absolute atomic E-state index is 13.1. The standard InChI is InChI=1S/C28H30N2O3/c1-29-27(32)28(19-21-9-8-13-23(17-21)22-10-4-3-5-11-22)15-16-30(20-28)26(31)18-24-12-6-7-14-25(24)33-2/h3-14,17H,15-16,18-20H2,1-2H3,(H,29,32). The molecule has 0 bridgehead atoms. The number of likely N-dealkylation sites (tertiary alicyclic amines) is 1. The van der Waals surface area contributed by atoms with E-state index in [1.807, 2.05) is 53.4 Å². The zero-order chi connectivity index (χ0) is 23.3. The van der Waals surface area contributed by atoms with Crippen LogP contribution in [0.5, 0.6) is 5.75 Å². The van der Waals surface area contributed by atoms with Crippen LogP contribution in [-0.4, -0.2) is 44.0 Å². The molecule has 1 fully saturated rings. The fourth-order valence-corrected chi connectivity index (χ4v) is 4.77. The summed E-state index contributed by atoms with van der Waals surface area (Å²) in [4.78, 5) is 28.0. The lowest BCUT2D eigenvalue weighted by atomic mass is 9.79. The van der Waals surface area contributed by atoms with Gasteiger partial charge in [-0.25, -0.2) is 0 Å². The van der Waals surface area contributed by atoms with Crippen LogP contribution in [0.15, 0.2) is 78.9 Å². The molecule has 1 aliphatic heterocycles. The van der Waals surface area contributed by atoms with E-state index in [1.165, 1.54) is 0 Å². The molecule has 5 heteroatoms. The lowest BCUT2D eigenvalue weighted by Gasteiger charge is -2.28. The van der Waals surface area contributed by atoms with Crippen molar-refractivity contribution in [2.24, 2.45) is 5.41 Å². The van der Waals surface area contributed by atoms with E-state index in [0.29, 0.717) is 31.7 Å². The van der Waals surface area contributed by atoms with Gasteiger partial charge in [0.1, 0.15) is 5.75 Å². The molecule has 0 saturated carbocycles. The number of ether oxygens (including phenoxy) is 1. The van der Waals surface area contributed by atoms with Crippen LogP contribution in [0.1, 0.15) is 17.5 Å². The first-order valence-corrected chi connectivity index (χ1v) is 11.3. The normalized spacial score (nSPS) is 17.6.